The van der Waals surface area contributed by atoms with Gasteiger partial charge in [0.1, 0.15) is 0 Å². The number of aryl methyl sites for hydroxylation is 1. The van der Waals surface area contributed by atoms with E-state index in [0.717, 1.165) is 5.56 Å². The average Bonchev–Trinajstić information content (AvgIpc) is 2.35. The summed E-state index contributed by atoms with van der Waals surface area (Å²) in [5, 5.41) is 0.583. The Bertz CT molecular complexity index is 572. The summed E-state index contributed by atoms with van der Waals surface area (Å²) >= 11 is 9.21. The molecule has 0 aliphatic carbocycles. The van der Waals surface area contributed by atoms with Crippen LogP contribution in [0.5, 0.6) is 0 Å². The zero-order chi connectivity index (χ0) is 13.3. The van der Waals surface area contributed by atoms with Gasteiger partial charge in [-0.05, 0) is 64.8 Å². The van der Waals surface area contributed by atoms with E-state index < -0.39 is 0 Å². The second-order valence-corrected chi connectivity index (χ2v) is 5.29. The molecular formula is C14H11BrClNO. The highest BCUT2D eigenvalue weighted by molar-refractivity contribution is 9.10. The highest BCUT2D eigenvalue weighted by Gasteiger charge is 2.11. The van der Waals surface area contributed by atoms with Crippen molar-refractivity contribution in [2.45, 2.75) is 6.92 Å². The van der Waals surface area contributed by atoms with Gasteiger partial charge in [-0.15, -0.1) is 0 Å². The summed E-state index contributed by atoms with van der Waals surface area (Å²) in [5.74, 6) is -0.0459. The van der Waals surface area contributed by atoms with Crippen molar-refractivity contribution >= 4 is 39.0 Å². The molecule has 2 nitrogen and oxygen atoms in total. The fraction of sp³-hybridized carbons (Fsp3) is 0.0714. The van der Waals surface area contributed by atoms with Gasteiger partial charge < -0.3 is 5.73 Å². The van der Waals surface area contributed by atoms with Gasteiger partial charge in [0.05, 0.1) is 5.02 Å². The molecule has 2 rings (SSSR count). The van der Waals surface area contributed by atoms with Gasteiger partial charge in [0.2, 0.25) is 0 Å². The first-order valence-electron chi connectivity index (χ1n) is 5.35. The van der Waals surface area contributed by atoms with Crippen LogP contribution in [0.3, 0.4) is 0 Å². The van der Waals surface area contributed by atoms with E-state index >= 15 is 0 Å². The van der Waals surface area contributed by atoms with Crippen molar-refractivity contribution in [3.8, 4) is 0 Å². The van der Waals surface area contributed by atoms with Gasteiger partial charge >= 0.3 is 0 Å². The molecule has 0 heterocycles. The molecule has 2 aromatic rings. The monoisotopic (exact) mass is 323 g/mol. The van der Waals surface area contributed by atoms with Crippen LogP contribution in [0.4, 0.5) is 5.69 Å². The Balaban J connectivity index is 2.41. The topological polar surface area (TPSA) is 43.1 Å². The van der Waals surface area contributed by atoms with E-state index in [2.05, 4.69) is 15.9 Å². The van der Waals surface area contributed by atoms with E-state index in [1.807, 2.05) is 6.92 Å². The molecule has 0 saturated heterocycles. The molecule has 2 N–H and O–H groups in total. The van der Waals surface area contributed by atoms with Crippen molar-refractivity contribution in [1.29, 1.82) is 0 Å². The molecule has 0 atom stereocenters. The van der Waals surface area contributed by atoms with E-state index in [4.69, 9.17) is 17.3 Å². The Hall–Kier alpha value is -1.32. The summed E-state index contributed by atoms with van der Waals surface area (Å²) in [4.78, 5) is 12.3. The van der Waals surface area contributed by atoms with Crippen LogP contribution < -0.4 is 5.73 Å². The standard InChI is InChI=1S/C14H11BrClNO/c1-8-6-9(3-5-13(8)17)14(18)10-2-4-12(16)11(15)7-10/h2-7H,17H2,1H3. The fourth-order valence-electron chi connectivity index (χ4n) is 1.62. The second kappa shape index (κ2) is 5.12. The average molecular weight is 325 g/mol. The lowest BCUT2D eigenvalue weighted by Gasteiger charge is -2.05. The second-order valence-electron chi connectivity index (χ2n) is 4.03. The lowest BCUT2D eigenvalue weighted by Crippen LogP contribution is -2.02. The molecular weight excluding hydrogens is 314 g/mol. The van der Waals surface area contributed by atoms with Crippen LogP contribution in [0.25, 0.3) is 0 Å². The first-order valence-corrected chi connectivity index (χ1v) is 6.52. The van der Waals surface area contributed by atoms with Crippen molar-refractivity contribution in [3.63, 3.8) is 0 Å². The van der Waals surface area contributed by atoms with Crippen LogP contribution in [0.15, 0.2) is 40.9 Å². The van der Waals surface area contributed by atoms with Crippen molar-refractivity contribution in [3.05, 3.63) is 62.6 Å². The molecule has 0 aromatic heterocycles. The number of halogens is 2. The smallest absolute Gasteiger partial charge is 0.193 e. The Kier molecular flexibility index (Phi) is 3.73. The lowest BCUT2D eigenvalue weighted by atomic mass is 10.0. The summed E-state index contributed by atoms with van der Waals surface area (Å²) in [5.41, 5.74) is 8.53. The van der Waals surface area contributed by atoms with E-state index in [1.54, 1.807) is 36.4 Å². The van der Waals surface area contributed by atoms with Gasteiger partial charge in [-0.25, -0.2) is 0 Å². The Morgan fingerprint density at radius 2 is 1.78 bits per heavy atom. The van der Waals surface area contributed by atoms with Crippen LogP contribution in [0, 0.1) is 6.92 Å². The molecule has 0 aliphatic rings. The van der Waals surface area contributed by atoms with Gasteiger partial charge in [-0.2, -0.15) is 0 Å². The van der Waals surface area contributed by atoms with E-state index in [0.29, 0.717) is 26.3 Å². The maximum Gasteiger partial charge on any atom is 0.193 e. The third-order valence-corrected chi connectivity index (χ3v) is 3.93. The number of carbonyl (C=O) groups excluding carboxylic acids is 1. The quantitative estimate of drug-likeness (QED) is 0.664. The van der Waals surface area contributed by atoms with Crippen LogP contribution >= 0.6 is 27.5 Å². The van der Waals surface area contributed by atoms with Crippen LogP contribution in [-0.2, 0) is 0 Å². The van der Waals surface area contributed by atoms with Gasteiger partial charge in [0, 0.05) is 21.3 Å². The van der Waals surface area contributed by atoms with Crippen LogP contribution in [-0.4, -0.2) is 5.78 Å². The van der Waals surface area contributed by atoms with E-state index in [9.17, 15) is 4.79 Å². The molecule has 4 heteroatoms. The maximum atomic E-state index is 12.3. The molecule has 0 amide bonds. The van der Waals surface area contributed by atoms with Crippen molar-refractivity contribution in [1.82, 2.24) is 0 Å². The number of ketones is 1. The third kappa shape index (κ3) is 2.57. The zero-order valence-corrected chi connectivity index (χ0v) is 12.0. The zero-order valence-electron chi connectivity index (χ0n) is 9.71. The van der Waals surface area contributed by atoms with Crippen molar-refractivity contribution < 1.29 is 4.79 Å². The minimum atomic E-state index is -0.0459. The predicted molar refractivity (Wildman–Crippen MR) is 78.2 cm³/mol. The number of nitrogen functional groups attached to an aromatic ring is 1. The maximum absolute atomic E-state index is 12.3. The largest absolute Gasteiger partial charge is 0.399 e. The molecule has 0 aliphatic heterocycles. The molecule has 0 saturated carbocycles. The van der Waals surface area contributed by atoms with E-state index in [-0.39, 0.29) is 5.78 Å². The summed E-state index contributed by atoms with van der Waals surface area (Å²) < 4.78 is 0.710. The van der Waals surface area contributed by atoms with E-state index in [1.165, 1.54) is 0 Å². The van der Waals surface area contributed by atoms with Gasteiger partial charge in [-0.3, -0.25) is 4.79 Å². The first-order chi connectivity index (χ1) is 8.49. The third-order valence-electron chi connectivity index (χ3n) is 2.71. The highest BCUT2D eigenvalue weighted by Crippen LogP contribution is 2.25. The molecule has 92 valence electrons. The highest BCUT2D eigenvalue weighted by atomic mass is 79.9. The number of carbonyl (C=O) groups is 1. The van der Waals surface area contributed by atoms with Crippen LogP contribution in [0.2, 0.25) is 5.02 Å². The summed E-state index contributed by atoms with van der Waals surface area (Å²) in [6.45, 7) is 1.88. The summed E-state index contributed by atoms with van der Waals surface area (Å²) in [6, 6.07) is 10.4. The SMILES string of the molecule is Cc1cc(C(=O)c2ccc(Cl)c(Br)c2)ccc1N. The fourth-order valence-corrected chi connectivity index (χ4v) is 2.12. The summed E-state index contributed by atoms with van der Waals surface area (Å²) in [7, 11) is 0. The molecule has 0 radical (unpaired) electrons. The number of hydrogen-bond donors (Lipinski definition) is 1. The van der Waals surface area contributed by atoms with Gasteiger partial charge in [-0.1, -0.05) is 11.6 Å². The van der Waals surface area contributed by atoms with Crippen molar-refractivity contribution in [2.75, 3.05) is 5.73 Å². The normalized spacial score (nSPS) is 10.4. The lowest BCUT2D eigenvalue weighted by molar-refractivity contribution is 0.103. The minimum absolute atomic E-state index is 0.0459. The Labute approximate surface area is 119 Å². The van der Waals surface area contributed by atoms with Gasteiger partial charge in [0.25, 0.3) is 0 Å². The molecule has 0 bridgehead atoms. The van der Waals surface area contributed by atoms with Gasteiger partial charge in [0.15, 0.2) is 5.78 Å². The molecule has 0 unspecified atom stereocenters. The molecule has 0 spiro atoms. The number of benzene rings is 2. The van der Waals surface area contributed by atoms with Crippen molar-refractivity contribution in [2.24, 2.45) is 0 Å². The molecule has 2 aromatic carbocycles. The molecule has 18 heavy (non-hydrogen) atoms. The van der Waals surface area contributed by atoms with Crippen LogP contribution in [0.1, 0.15) is 21.5 Å². The predicted octanol–water partition coefficient (Wildman–Crippen LogP) is 4.22. The molecule has 0 fully saturated rings. The first kappa shape index (κ1) is 13.1. The minimum Gasteiger partial charge on any atom is -0.399 e. The summed E-state index contributed by atoms with van der Waals surface area (Å²) in [6.07, 6.45) is 0. The number of rotatable bonds is 2. The Morgan fingerprint density at radius 3 is 2.39 bits per heavy atom. The number of hydrogen-bond acceptors (Lipinski definition) is 2. The number of anilines is 1. The number of nitrogens with two attached hydrogens (primary N) is 1. The Morgan fingerprint density at radius 1 is 1.17 bits per heavy atom.